The second kappa shape index (κ2) is 10.4. The first-order chi connectivity index (χ1) is 13.3. The molecule has 0 saturated heterocycles. The van der Waals surface area contributed by atoms with Crippen LogP contribution in [0.3, 0.4) is 0 Å². The molecule has 0 saturated carbocycles. The lowest BCUT2D eigenvalue weighted by Crippen LogP contribution is -2.38. The SMILES string of the molecule is C=CCCC(=O)N1CCc2nnc(C(CC(C)C)NC(=O)CN(C)C)n2CC1. The molecule has 1 atom stereocenters. The molecule has 0 radical (unpaired) electrons. The second-order valence-electron chi connectivity index (χ2n) is 8.07. The summed E-state index contributed by atoms with van der Waals surface area (Å²) in [5, 5.41) is 11.9. The second-order valence-corrected chi connectivity index (χ2v) is 8.07. The smallest absolute Gasteiger partial charge is 0.234 e. The molecule has 2 rings (SSSR count). The summed E-state index contributed by atoms with van der Waals surface area (Å²) in [6.07, 6.45) is 4.43. The van der Waals surface area contributed by atoms with Crippen LogP contribution in [0.5, 0.6) is 0 Å². The highest BCUT2D eigenvalue weighted by molar-refractivity contribution is 5.78. The predicted molar refractivity (Wildman–Crippen MR) is 109 cm³/mol. The van der Waals surface area contributed by atoms with Crippen molar-refractivity contribution in [2.45, 2.75) is 52.1 Å². The highest BCUT2D eigenvalue weighted by atomic mass is 16.2. The standard InChI is InChI=1S/C20H34N6O2/c1-6-7-8-19(28)25-10-9-17-22-23-20(26(17)12-11-25)16(13-15(2)3)21-18(27)14-24(4)5/h6,15-16H,1,7-14H2,2-5H3,(H,21,27). The monoisotopic (exact) mass is 390 g/mol. The fourth-order valence-corrected chi connectivity index (χ4v) is 3.46. The number of carbonyl (C=O) groups is 2. The Labute approximate surface area is 168 Å². The van der Waals surface area contributed by atoms with E-state index in [2.05, 4.69) is 40.5 Å². The van der Waals surface area contributed by atoms with Crippen molar-refractivity contribution in [1.82, 2.24) is 29.9 Å². The van der Waals surface area contributed by atoms with E-state index < -0.39 is 0 Å². The van der Waals surface area contributed by atoms with Crippen molar-refractivity contribution in [3.63, 3.8) is 0 Å². The minimum absolute atomic E-state index is 0.0251. The molecule has 2 heterocycles. The van der Waals surface area contributed by atoms with E-state index in [1.165, 1.54) is 0 Å². The largest absolute Gasteiger partial charge is 0.345 e. The molecule has 1 aliphatic rings. The van der Waals surface area contributed by atoms with Gasteiger partial charge in [0.2, 0.25) is 11.8 Å². The molecule has 0 fully saturated rings. The Bertz CT molecular complexity index is 682. The van der Waals surface area contributed by atoms with E-state index in [0.29, 0.717) is 51.4 Å². The van der Waals surface area contributed by atoms with Crippen LogP contribution < -0.4 is 5.32 Å². The van der Waals surface area contributed by atoms with Gasteiger partial charge in [-0.05, 0) is 32.9 Å². The van der Waals surface area contributed by atoms with Crippen LogP contribution in [-0.2, 0) is 22.6 Å². The van der Waals surface area contributed by atoms with Crippen LogP contribution in [0.4, 0.5) is 0 Å². The van der Waals surface area contributed by atoms with Gasteiger partial charge < -0.3 is 19.7 Å². The van der Waals surface area contributed by atoms with Crippen LogP contribution in [0.2, 0.25) is 0 Å². The number of carbonyl (C=O) groups excluding carboxylic acids is 2. The lowest BCUT2D eigenvalue weighted by atomic mass is 10.0. The Morgan fingerprint density at radius 3 is 2.64 bits per heavy atom. The summed E-state index contributed by atoms with van der Waals surface area (Å²) >= 11 is 0. The number of hydrogen-bond acceptors (Lipinski definition) is 5. The molecule has 1 aromatic heterocycles. The van der Waals surface area contributed by atoms with Gasteiger partial charge in [-0.2, -0.15) is 0 Å². The van der Waals surface area contributed by atoms with Gasteiger partial charge in [0.15, 0.2) is 5.82 Å². The summed E-state index contributed by atoms with van der Waals surface area (Å²) in [7, 11) is 3.75. The molecular weight excluding hydrogens is 356 g/mol. The number of hydrogen-bond donors (Lipinski definition) is 1. The average Bonchev–Trinajstić information content (AvgIpc) is 2.89. The normalized spacial score (nSPS) is 15.3. The van der Waals surface area contributed by atoms with Crippen molar-refractivity contribution in [2.24, 2.45) is 5.92 Å². The molecule has 1 aliphatic heterocycles. The molecule has 8 heteroatoms. The third kappa shape index (κ3) is 6.15. The predicted octanol–water partition coefficient (Wildman–Crippen LogP) is 1.39. The van der Waals surface area contributed by atoms with E-state index in [0.717, 1.165) is 18.1 Å². The average molecular weight is 391 g/mol. The number of aromatic nitrogens is 3. The van der Waals surface area contributed by atoms with Crippen molar-refractivity contribution in [1.29, 1.82) is 0 Å². The van der Waals surface area contributed by atoms with Crippen molar-refractivity contribution in [3.05, 3.63) is 24.3 Å². The molecule has 28 heavy (non-hydrogen) atoms. The Hall–Kier alpha value is -2.22. The Balaban J connectivity index is 2.14. The zero-order valence-electron chi connectivity index (χ0n) is 17.6. The summed E-state index contributed by atoms with van der Waals surface area (Å²) in [5.41, 5.74) is 0. The first-order valence-electron chi connectivity index (χ1n) is 10.1. The summed E-state index contributed by atoms with van der Waals surface area (Å²) in [4.78, 5) is 28.5. The number of nitrogens with one attached hydrogen (secondary N) is 1. The number of amides is 2. The molecule has 156 valence electrons. The van der Waals surface area contributed by atoms with E-state index in [4.69, 9.17) is 0 Å². The summed E-state index contributed by atoms with van der Waals surface area (Å²) in [6, 6.07) is -0.184. The zero-order valence-corrected chi connectivity index (χ0v) is 17.6. The quantitative estimate of drug-likeness (QED) is 0.645. The highest BCUT2D eigenvalue weighted by Gasteiger charge is 2.27. The zero-order chi connectivity index (χ0) is 20.7. The molecule has 2 amide bonds. The maximum Gasteiger partial charge on any atom is 0.234 e. The van der Waals surface area contributed by atoms with Gasteiger partial charge in [-0.1, -0.05) is 19.9 Å². The molecule has 8 nitrogen and oxygen atoms in total. The van der Waals surface area contributed by atoms with Gasteiger partial charge in [0.25, 0.3) is 0 Å². The van der Waals surface area contributed by atoms with Crippen LogP contribution in [0.25, 0.3) is 0 Å². The topological polar surface area (TPSA) is 83.4 Å². The minimum Gasteiger partial charge on any atom is -0.345 e. The number of fused-ring (bicyclic) bond motifs is 1. The summed E-state index contributed by atoms with van der Waals surface area (Å²) < 4.78 is 2.09. The van der Waals surface area contributed by atoms with Crippen LogP contribution in [0.15, 0.2) is 12.7 Å². The van der Waals surface area contributed by atoms with Gasteiger partial charge in [0, 0.05) is 32.5 Å². The van der Waals surface area contributed by atoms with Crippen LogP contribution >= 0.6 is 0 Å². The maximum absolute atomic E-state index is 12.4. The van der Waals surface area contributed by atoms with Gasteiger partial charge >= 0.3 is 0 Å². The van der Waals surface area contributed by atoms with E-state index in [1.807, 2.05) is 23.9 Å². The van der Waals surface area contributed by atoms with Crippen LogP contribution in [-0.4, -0.2) is 70.1 Å². The van der Waals surface area contributed by atoms with Gasteiger partial charge in [-0.25, -0.2) is 0 Å². The van der Waals surface area contributed by atoms with Crippen LogP contribution in [0.1, 0.15) is 50.8 Å². The third-order valence-corrected chi connectivity index (χ3v) is 4.78. The Kier molecular flexibility index (Phi) is 8.17. The highest BCUT2D eigenvalue weighted by Crippen LogP contribution is 2.22. The lowest BCUT2D eigenvalue weighted by Gasteiger charge is -2.23. The Morgan fingerprint density at radius 2 is 2.00 bits per heavy atom. The fourth-order valence-electron chi connectivity index (χ4n) is 3.46. The number of rotatable bonds is 9. The van der Waals surface area contributed by atoms with Crippen molar-refractivity contribution in [3.8, 4) is 0 Å². The van der Waals surface area contributed by atoms with E-state index in [1.54, 1.807) is 6.08 Å². The van der Waals surface area contributed by atoms with Crippen LogP contribution in [0, 0.1) is 5.92 Å². The first-order valence-corrected chi connectivity index (χ1v) is 10.1. The van der Waals surface area contributed by atoms with Crippen molar-refractivity contribution in [2.75, 3.05) is 33.7 Å². The van der Waals surface area contributed by atoms with Gasteiger partial charge in [0.05, 0.1) is 12.6 Å². The first kappa shape index (κ1) is 22.1. The lowest BCUT2D eigenvalue weighted by molar-refractivity contribution is -0.131. The summed E-state index contributed by atoms with van der Waals surface area (Å²) in [5.74, 6) is 2.20. The molecule has 0 spiro atoms. The minimum atomic E-state index is -0.184. The van der Waals surface area contributed by atoms with E-state index in [-0.39, 0.29) is 17.9 Å². The van der Waals surface area contributed by atoms with Gasteiger partial charge in [0.1, 0.15) is 5.82 Å². The molecule has 1 unspecified atom stereocenters. The Morgan fingerprint density at radius 1 is 1.25 bits per heavy atom. The van der Waals surface area contributed by atoms with E-state index >= 15 is 0 Å². The molecule has 0 aromatic carbocycles. The number of nitrogens with zero attached hydrogens (tertiary/aromatic N) is 5. The van der Waals surface area contributed by atoms with E-state index in [9.17, 15) is 9.59 Å². The van der Waals surface area contributed by atoms with Gasteiger partial charge in [-0.3, -0.25) is 9.59 Å². The van der Waals surface area contributed by atoms with Gasteiger partial charge in [-0.15, -0.1) is 16.8 Å². The number of likely N-dealkylation sites (N-methyl/N-ethyl adjacent to an activating group) is 1. The fraction of sp³-hybridized carbons (Fsp3) is 0.700. The maximum atomic E-state index is 12.4. The molecule has 0 aliphatic carbocycles. The molecule has 0 bridgehead atoms. The van der Waals surface area contributed by atoms with Crippen molar-refractivity contribution < 1.29 is 9.59 Å². The summed E-state index contributed by atoms with van der Waals surface area (Å²) in [6.45, 7) is 10.2. The molecular formula is C20H34N6O2. The number of allylic oxidation sites excluding steroid dienone is 1. The van der Waals surface area contributed by atoms with Crippen molar-refractivity contribution >= 4 is 11.8 Å². The molecule has 1 aromatic rings. The third-order valence-electron chi connectivity index (χ3n) is 4.78. The molecule has 1 N–H and O–H groups in total.